The third-order valence-electron chi connectivity index (χ3n) is 8.44. The SMILES string of the molecule is CC1C(c2cc(C(F)(F)F)cc(C(F)(F)F)c2)=[C]([Hf+2][CH]2C(c3cc(C(F)(F)F)cc(C(F)(F)F)c3)=Cc3ccccc32)c2ccccc21.[Cl-].[Cl-]. The molecule has 0 nitrogen and oxygen atoms in total. The molecular weight excluding hydrogens is 898 g/mol. The molecule has 0 amide bonds. The summed E-state index contributed by atoms with van der Waals surface area (Å²) in [5.41, 5.74) is -3.77. The predicted molar refractivity (Wildman–Crippen MR) is 152 cm³/mol. The van der Waals surface area contributed by atoms with Crippen LogP contribution in [-0.2, 0) is 47.6 Å². The van der Waals surface area contributed by atoms with Gasteiger partial charge in [-0.05, 0) is 0 Å². The van der Waals surface area contributed by atoms with E-state index in [1.165, 1.54) is 6.08 Å². The summed E-state index contributed by atoms with van der Waals surface area (Å²) in [6.45, 7) is 1.65. The zero-order valence-corrected chi connectivity index (χ0v) is 30.2. The topological polar surface area (TPSA) is 0 Å². The molecule has 0 spiro atoms. The molecule has 262 valence electrons. The van der Waals surface area contributed by atoms with E-state index in [9.17, 15) is 52.7 Å². The number of hydrogen-bond donors (Lipinski definition) is 0. The Balaban J connectivity index is 0.00000281. The summed E-state index contributed by atoms with van der Waals surface area (Å²) in [6, 6.07) is 16.1. The average Bonchev–Trinajstić information content (AvgIpc) is 3.50. The van der Waals surface area contributed by atoms with Crippen LogP contribution in [0.1, 0.15) is 72.2 Å². The Morgan fingerprint density at radius 1 is 0.520 bits per heavy atom. The van der Waals surface area contributed by atoms with Gasteiger partial charge in [-0.25, -0.2) is 0 Å². The van der Waals surface area contributed by atoms with Crippen molar-refractivity contribution in [2.45, 2.75) is 41.2 Å². The van der Waals surface area contributed by atoms with E-state index in [0.29, 0.717) is 49.8 Å². The van der Waals surface area contributed by atoms with E-state index in [1.54, 1.807) is 55.5 Å². The number of alkyl halides is 12. The monoisotopic (exact) mass is 918 g/mol. The van der Waals surface area contributed by atoms with Crippen LogP contribution in [0.25, 0.3) is 20.6 Å². The second-order valence-electron chi connectivity index (χ2n) is 11.5. The van der Waals surface area contributed by atoms with Gasteiger partial charge in [0, 0.05) is 0 Å². The minimum absolute atomic E-state index is 0. The van der Waals surface area contributed by atoms with Crippen LogP contribution < -0.4 is 24.8 Å². The maximum absolute atomic E-state index is 13.9. The molecule has 2 aliphatic carbocycles. The second kappa shape index (κ2) is 13.8. The van der Waals surface area contributed by atoms with Gasteiger partial charge in [0.15, 0.2) is 0 Å². The Morgan fingerprint density at radius 2 is 0.940 bits per heavy atom. The molecule has 2 atom stereocenters. The fourth-order valence-electron chi connectivity index (χ4n) is 6.27. The molecule has 0 fully saturated rings. The Bertz CT molecular complexity index is 1920. The first-order valence-electron chi connectivity index (χ1n) is 14.2. The van der Waals surface area contributed by atoms with Gasteiger partial charge in [0.05, 0.1) is 0 Å². The molecule has 4 aromatic carbocycles. The van der Waals surface area contributed by atoms with E-state index in [1.807, 2.05) is 0 Å². The molecule has 0 bridgehead atoms. The van der Waals surface area contributed by atoms with Crippen molar-refractivity contribution in [3.63, 3.8) is 0 Å². The average molecular weight is 918 g/mol. The van der Waals surface area contributed by atoms with Crippen molar-refractivity contribution in [3.05, 3.63) is 141 Å². The van der Waals surface area contributed by atoms with Crippen LogP contribution in [0.15, 0.2) is 84.9 Å². The molecule has 0 radical (unpaired) electrons. The van der Waals surface area contributed by atoms with E-state index in [-0.39, 0.29) is 59.2 Å². The fourth-order valence-corrected chi connectivity index (χ4v) is 13.5. The Hall–Kier alpha value is -3.03. The van der Waals surface area contributed by atoms with Crippen LogP contribution in [0.4, 0.5) is 52.7 Å². The zero-order chi connectivity index (χ0) is 35.0. The van der Waals surface area contributed by atoms with Gasteiger partial charge in [0.1, 0.15) is 0 Å². The van der Waals surface area contributed by atoms with E-state index >= 15 is 0 Å². The molecule has 4 aromatic rings. The molecule has 0 heterocycles. The largest absolute Gasteiger partial charge is 1.00 e. The first-order chi connectivity index (χ1) is 22.2. The van der Waals surface area contributed by atoms with Crippen LogP contribution in [0.3, 0.4) is 0 Å². The summed E-state index contributed by atoms with van der Waals surface area (Å²) in [4.78, 5) is 0. The molecule has 0 saturated heterocycles. The summed E-state index contributed by atoms with van der Waals surface area (Å²) in [6.07, 6.45) is -18.9. The first-order valence-corrected chi connectivity index (χ1v) is 18.1. The maximum Gasteiger partial charge on any atom is -1.00 e. The quantitative estimate of drug-likeness (QED) is 0.171. The van der Waals surface area contributed by atoms with Crippen molar-refractivity contribution in [1.82, 2.24) is 0 Å². The summed E-state index contributed by atoms with van der Waals surface area (Å²) in [7, 11) is 0. The number of halogens is 14. The summed E-state index contributed by atoms with van der Waals surface area (Å²) < 4.78 is 166. The van der Waals surface area contributed by atoms with Crippen LogP contribution >= 0.6 is 0 Å². The van der Waals surface area contributed by atoms with Gasteiger partial charge in [0.2, 0.25) is 0 Å². The second-order valence-corrected chi connectivity index (χ2v) is 16.4. The van der Waals surface area contributed by atoms with E-state index in [4.69, 9.17) is 0 Å². The maximum atomic E-state index is 13.9. The molecule has 6 rings (SSSR count). The van der Waals surface area contributed by atoms with Crippen LogP contribution in [0.5, 0.6) is 0 Å². The molecule has 0 aromatic heterocycles. The van der Waals surface area contributed by atoms with E-state index in [2.05, 4.69) is 0 Å². The van der Waals surface area contributed by atoms with Gasteiger partial charge in [-0.15, -0.1) is 0 Å². The van der Waals surface area contributed by atoms with Gasteiger partial charge in [-0.2, -0.15) is 0 Å². The number of rotatable bonds is 4. The van der Waals surface area contributed by atoms with Gasteiger partial charge in [0.25, 0.3) is 0 Å². The molecule has 2 unspecified atom stereocenters. The van der Waals surface area contributed by atoms with E-state index < -0.39 is 79.5 Å². The molecule has 15 heteroatoms. The van der Waals surface area contributed by atoms with Crippen molar-refractivity contribution in [3.8, 4) is 0 Å². The predicted octanol–water partition coefficient (Wildman–Crippen LogP) is 6.13. The Kier molecular flexibility index (Phi) is 11.0. The standard InChI is InChI=1S/C18H11F6.C17H9F6.2ClH.Hf/c1-10-15-5-3-2-4-11(15)8-16(10)12-6-13(17(19,20)21)9-14(7-12)18(22,23)24;18-16(19,20)14-7-13(8-15(9-14)17(21,22)23)12-5-10-3-1-2-4-11(10)6-12;;;/h2-7,9-10H,1H3;1-9H;2*1H;/q;;;;+2/p-2. The number of hydrogen-bond acceptors (Lipinski definition) is 0. The van der Waals surface area contributed by atoms with Crippen LogP contribution in [0, 0.1) is 0 Å². The van der Waals surface area contributed by atoms with Gasteiger partial charge in [-0.1, -0.05) is 0 Å². The molecule has 0 saturated carbocycles. The summed E-state index contributed by atoms with van der Waals surface area (Å²) >= 11 is -2.70. The molecule has 50 heavy (non-hydrogen) atoms. The first kappa shape index (κ1) is 39.8. The normalized spacial score (nSPS) is 17.3. The van der Waals surface area contributed by atoms with Crippen molar-refractivity contribution in [2.24, 2.45) is 0 Å². The minimum atomic E-state index is -5.10. The third-order valence-corrected chi connectivity index (χ3v) is 14.7. The van der Waals surface area contributed by atoms with E-state index in [0.717, 1.165) is 0 Å². The van der Waals surface area contributed by atoms with Crippen molar-refractivity contribution in [1.29, 1.82) is 0 Å². The Morgan fingerprint density at radius 3 is 1.42 bits per heavy atom. The number of allylic oxidation sites excluding steroid dienone is 2. The summed E-state index contributed by atoms with van der Waals surface area (Å²) in [5, 5.41) is 0. The minimum Gasteiger partial charge on any atom is -1.00 e. The van der Waals surface area contributed by atoms with Gasteiger partial charge >= 0.3 is 278 Å². The molecule has 0 N–H and O–H groups in total. The van der Waals surface area contributed by atoms with Crippen LogP contribution in [0.2, 0.25) is 0 Å². The number of benzene rings is 4. The molecule has 0 aliphatic heterocycles. The Labute approximate surface area is 301 Å². The van der Waals surface area contributed by atoms with Crippen molar-refractivity contribution in [2.75, 3.05) is 0 Å². The van der Waals surface area contributed by atoms with Crippen LogP contribution in [-0.4, -0.2) is 0 Å². The fraction of sp³-hybridized carbons (Fsp3) is 0.200. The van der Waals surface area contributed by atoms with Gasteiger partial charge in [-0.3, -0.25) is 0 Å². The zero-order valence-electron chi connectivity index (χ0n) is 25.1. The summed E-state index contributed by atoms with van der Waals surface area (Å²) in [5.74, 6) is -0.650. The van der Waals surface area contributed by atoms with Gasteiger partial charge < -0.3 is 24.8 Å². The smallest absolute Gasteiger partial charge is 1.00 e. The third kappa shape index (κ3) is 7.60. The molecular formula is C35H20Cl2F12Hf. The van der Waals surface area contributed by atoms with Crippen molar-refractivity contribution < 1.29 is 100 Å². The molecule has 2 aliphatic rings. The van der Waals surface area contributed by atoms with Crippen molar-refractivity contribution >= 4 is 20.6 Å². The number of fused-ring (bicyclic) bond motifs is 2.